The number of benzene rings is 2. The first-order valence-electron chi connectivity index (χ1n) is 16.8. The van der Waals surface area contributed by atoms with Crippen LogP contribution in [0.25, 0.3) is 33.4 Å². The van der Waals surface area contributed by atoms with E-state index >= 15 is 0 Å². The van der Waals surface area contributed by atoms with Crippen LogP contribution in [-0.2, 0) is 27.7 Å². The van der Waals surface area contributed by atoms with E-state index in [1.807, 2.05) is 62.8 Å². The maximum absolute atomic E-state index is 12.7. The van der Waals surface area contributed by atoms with Crippen molar-refractivity contribution in [3.63, 3.8) is 0 Å². The molecule has 256 valence electrons. The molecule has 13 nitrogen and oxygen atoms in total. The lowest BCUT2D eigenvalue weighted by atomic mass is 10.1. The van der Waals surface area contributed by atoms with Gasteiger partial charge in [-0.3, -0.25) is 9.58 Å². The highest BCUT2D eigenvalue weighted by atomic mass is 16.6. The van der Waals surface area contributed by atoms with Gasteiger partial charge in [0.1, 0.15) is 11.4 Å². The van der Waals surface area contributed by atoms with Crippen molar-refractivity contribution in [3.05, 3.63) is 66.5 Å². The lowest BCUT2D eigenvalue weighted by Crippen LogP contribution is -2.37. The van der Waals surface area contributed by atoms with Gasteiger partial charge in [0.25, 0.3) is 0 Å². The molecule has 2 aliphatic rings. The van der Waals surface area contributed by atoms with Crippen molar-refractivity contribution in [2.24, 2.45) is 7.05 Å². The Bertz CT molecular complexity index is 1920. The summed E-state index contributed by atoms with van der Waals surface area (Å²) in [6, 6.07) is 18.0. The van der Waals surface area contributed by atoms with Gasteiger partial charge in [0.05, 0.1) is 55.2 Å². The number of fused-ring (bicyclic) bond motifs is 1. The summed E-state index contributed by atoms with van der Waals surface area (Å²) in [7, 11) is 2.00. The summed E-state index contributed by atoms with van der Waals surface area (Å²) in [5.74, 6) is 1.33. The molecule has 2 aromatic carbocycles. The smallest absolute Gasteiger partial charge is 0.435 e. The fourth-order valence-corrected chi connectivity index (χ4v) is 6.16. The number of aryl methyl sites for hydroxylation is 1. The molecule has 2 aliphatic heterocycles. The summed E-state index contributed by atoms with van der Waals surface area (Å²) in [6.45, 7) is 12.7. The number of aromatic nitrogens is 6. The first-order chi connectivity index (χ1) is 23.7. The minimum Gasteiger partial charge on any atom is -0.442 e. The molecule has 0 saturated carbocycles. The lowest BCUT2D eigenvalue weighted by molar-refractivity contribution is 0.0383. The van der Waals surface area contributed by atoms with Crippen molar-refractivity contribution in [2.45, 2.75) is 32.8 Å². The van der Waals surface area contributed by atoms with Crippen LogP contribution in [0.4, 0.5) is 22.2 Å². The second-order valence-corrected chi connectivity index (χ2v) is 13.4. The van der Waals surface area contributed by atoms with Gasteiger partial charge in [0.15, 0.2) is 0 Å². The standard InChI is InChI=1S/C36H43N9O4/c1-36(2,3)49-35(46)45-31(11-13-37-45)25-5-8-27(9-6-25)38-33-24-30(39-34(40-33)44-17-21-48-22-18-44)26-7-10-28-29(41-42(4)32(28)23-26)12-14-43-15-19-47-20-16-43/h5-11,13,23-24H,12,14-22H2,1-4H3,(H,38,39,40). The third-order valence-corrected chi connectivity index (χ3v) is 8.66. The fraction of sp³-hybridized carbons (Fsp3) is 0.417. The summed E-state index contributed by atoms with van der Waals surface area (Å²) in [5, 5.41) is 13.7. The van der Waals surface area contributed by atoms with Gasteiger partial charge in [0.2, 0.25) is 5.95 Å². The van der Waals surface area contributed by atoms with E-state index in [0.29, 0.717) is 30.7 Å². The van der Waals surface area contributed by atoms with Crippen LogP contribution in [0, 0.1) is 0 Å². The summed E-state index contributed by atoms with van der Waals surface area (Å²) in [5.41, 5.74) is 5.67. The van der Waals surface area contributed by atoms with Crippen LogP contribution < -0.4 is 10.2 Å². The molecule has 2 fully saturated rings. The molecule has 0 amide bonds. The summed E-state index contributed by atoms with van der Waals surface area (Å²) in [6.07, 6.45) is 1.96. The van der Waals surface area contributed by atoms with Gasteiger partial charge in [0, 0.05) is 74.5 Å². The zero-order chi connectivity index (χ0) is 34.0. The maximum atomic E-state index is 12.7. The van der Waals surface area contributed by atoms with Gasteiger partial charge >= 0.3 is 6.09 Å². The summed E-state index contributed by atoms with van der Waals surface area (Å²) >= 11 is 0. The van der Waals surface area contributed by atoms with Gasteiger partial charge in [-0.2, -0.15) is 19.9 Å². The minimum atomic E-state index is -0.625. The van der Waals surface area contributed by atoms with Crippen molar-refractivity contribution in [2.75, 3.05) is 69.4 Å². The first kappa shape index (κ1) is 32.7. The predicted octanol–water partition coefficient (Wildman–Crippen LogP) is 5.13. The van der Waals surface area contributed by atoms with Gasteiger partial charge in [-0.05, 0) is 45.0 Å². The number of ether oxygens (including phenoxy) is 3. The van der Waals surface area contributed by atoms with E-state index in [2.05, 4.69) is 38.4 Å². The Balaban J connectivity index is 1.15. The number of anilines is 3. The fourth-order valence-electron chi connectivity index (χ4n) is 6.16. The van der Waals surface area contributed by atoms with E-state index in [0.717, 1.165) is 91.5 Å². The van der Waals surface area contributed by atoms with Gasteiger partial charge in [-0.1, -0.05) is 24.3 Å². The molecular weight excluding hydrogens is 622 g/mol. The molecule has 5 heterocycles. The monoisotopic (exact) mass is 665 g/mol. The van der Waals surface area contributed by atoms with E-state index in [1.165, 1.54) is 4.68 Å². The Kier molecular flexibility index (Phi) is 9.30. The van der Waals surface area contributed by atoms with E-state index in [-0.39, 0.29) is 0 Å². The molecular formula is C36H43N9O4. The average molecular weight is 666 g/mol. The third-order valence-electron chi connectivity index (χ3n) is 8.66. The number of carbonyl (C=O) groups is 1. The zero-order valence-electron chi connectivity index (χ0n) is 28.6. The number of hydrogen-bond acceptors (Lipinski definition) is 11. The lowest BCUT2D eigenvalue weighted by Gasteiger charge is -2.27. The number of hydrogen-bond donors (Lipinski definition) is 1. The van der Waals surface area contributed by atoms with Crippen molar-refractivity contribution in [1.29, 1.82) is 0 Å². The van der Waals surface area contributed by atoms with Crippen LogP contribution in [0.3, 0.4) is 0 Å². The average Bonchev–Trinajstić information content (AvgIpc) is 3.72. The highest BCUT2D eigenvalue weighted by Gasteiger charge is 2.22. The van der Waals surface area contributed by atoms with Crippen molar-refractivity contribution < 1.29 is 19.0 Å². The molecule has 0 atom stereocenters. The highest BCUT2D eigenvalue weighted by Crippen LogP contribution is 2.30. The molecule has 2 saturated heterocycles. The quantitative estimate of drug-likeness (QED) is 0.237. The molecule has 7 rings (SSSR count). The van der Waals surface area contributed by atoms with Crippen molar-refractivity contribution in [3.8, 4) is 22.5 Å². The third kappa shape index (κ3) is 7.58. The van der Waals surface area contributed by atoms with Crippen LogP contribution in [0.1, 0.15) is 26.5 Å². The molecule has 0 radical (unpaired) electrons. The van der Waals surface area contributed by atoms with Crippen LogP contribution in [0.15, 0.2) is 60.8 Å². The molecule has 5 aromatic rings. The first-order valence-corrected chi connectivity index (χ1v) is 16.8. The van der Waals surface area contributed by atoms with Crippen LogP contribution in [0.5, 0.6) is 0 Å². The van der Waals surface area contributed by atoms with Gasteiger partial charge in [-0.15, -0.1) is 0 Å². The molecule has 0 spiro atoms. The topological polar surface area (TPSA) is 125 Å². The Hall–Kier alpha value is -4.85. The maximum Gasteiger partial charge on any atom is 0.435 e. The van der Waals surface area contributed by atoms with Crippen LogP contribution >= 0.6 is 0 Å². The van der Waals surface area contributed by atoms with Crippen LogP contribution in [0.2, 0.25) is 0 Å². The normalized spacial score (nSPS) is 15.9. The van der Waals surface area contributed by atoms with E-state index in [1.54, 1.807) is 12.3 Å². The second-order valence-electron chi connectivity index (χ2n) is 13.4. The van der Waals surface area contributed by atoms with E-state index in [4.69, 9.17) is 29.3 Å². The second kappa shape index (κ2) is 13.9. The number of rotatable bonds is 8. The number of carbonyl (C=O) groups excluding carboxylic acids is 1. The Morgan fingerprint density at radius 1 is 0.898 bits per heavy atom. The minimum absolute atomic E-state index is 0.521. The predicted molar refractivity (Wildman–Crippen MR) is 188 cm³/mol. The molecule has 0 unspecified atom stereocenters. The Labute approximate surface area is 285 Å². The van der Waals surface area contributed by atoms with Gasteiger partial charge < -0.3 is 24.4 Å². The number of nitrogens with one attached hydrogen (secondary N) is 1. The Morgan fingerprint density at radius 3 is 2.35 bits per heavy atom. The van der Waals surface area contributed by atoms with E-state index < -0.39 is 11.7 Å². The van der Waals surface area contributed by atoms with Crippen molar-refractivity contribution >= 4 is 34.4 Å². The zero-order valence-corrected chi connectivity index (χ0v) is 28.6. The molecule has 13 heteroatoms. The molecule has 3 aromatic heterocycles. The van der Waals surface area contributed by atoms with E-state index in [9.17, 15) is 4.79 Å². The SMILES string of the molecule is Cn1nc(CCN2CCOCC2)c2ccc(-c3cc(Nc4ccc(-c5ccnn5C(=O)OC(C)(C)C)cc4)nc(N4CCOCC4)n3)cc21. The summed E-state index contributed by atoms with van der Waals surface area (Å²) < 4.78 is 19.9. The highest BCUT2D eigenvalue weighted by molar-refractivity contribution is 5.87. The Morgan fingerprint density at radius 2 is 1.61 bits per heavy atom. The van der Waals surface area contributed by atoms with Crippen LogP contribution in [-0.4, -0.2) is 105 Å². The van der Waals surface area contributed by atoms with Crippen molar-refractivity contribution in [1.82, 2.24) is 34.4 Å². The molecule has 0 aliphatic carbocycles. The molecule has 1 N–H and O–H groups in total. The number of morpholine rings is 2. The van der Waals surface area contributed by atoms with Gasteiger partial charge in [-0.25, -0.2) is 9.78 Å². The molecule has 0 bridgehead atoms. The number of nitrogens with zero attached hydrogens (tertiary/aromatic N) is 8. The summed E-state index contributed by atoms with van der Waals surface area (Å²) in [4.78, 5) is 27.3. The largest absolute Gasteiger partial charge is 0.442 e. The molecule has 49 heavy (non-hydrogen) atoms.